The van der Waals surface area contributed by atoms with Crippen molar-refractivity contribution in [1.29, 1.82) is 0 Å². The second-order valence-corrected chi connectivity index (χ2v) is 5.78. The van der Waals surface area contributed by atoms with Crippen LogP contribution in [0.5, 0.6) is 0 Å². The highest BCUT2D eigenvalue weighted by molar-refractivity contribution is 7.17. The van der Waals surface area contributed by atoms with Gasteiger partial charge >= 0.3 is 0 Å². The molecule has 3 nitrogen and oxygen atoms in total. The largest absolute Gasteiger partial charge is 0.349 e. The number of nitrogens with one attached hydrogen (secondary N) is 1. The smallest absolute Gasteiger partial charge is 0.284 e. The van der Waals surface area contributed by atoms with Crippen LogP contribution in [0.3, 0.4) is 0 Å². The van der Waals surface area contributed by atoms with Crippen LogP contribution in [0.15, 0.2) is 29.6 Å². The molecule has 0 aliphatic heterocycles. The van der Waals surface area contributed by atoms with E-state index in [4.69, 9.17) is 0 Å². The van der Waals surface area contributed by atoms with Gasteiger partial charge in [0.05, 0.1) is 0 Å². The first-order valence-corrected chi connectivity index (χ1v) is 6.62. The Balaban J connectivity index is 2.28. The van der Waals surface area contributed by atoms with Gasteiger partial charge in [0.15, 0.2) is 0 Å². The van der Waals surface area contributed by atoms with Gasteiger partial charge in [-0.15, -0.1) is 11.3 Å². The predicted octanol–water partition coefficient (Wildman–Crippen LogP) is 2.49. The van der Waals surface area contributed by atoms with Crippen molar-refractivity contribution in [2.75, 3.05) is 6.54 Å². The molecule has 0 aliphatic rings. The Morgan fingerprint density at radius 2 is 2.11 bits per heavy atom. The Morgan fingerprint density at radius 1 is 1.39 bits per heavy atom. The van der Waals surface area contributed by atoms with Gasteiger partial charge in [-0.25, -0.2) is 0 Å². The molecule has 0 saturated carbocycles. The number of hydrogen-bond donors (Lipinski definition) is 1. The van der Waals surface area contributed by atoms with Gasteiger partial charge < -0.3 is 5.32 Å². The summed E-state index contributed by atoms with van der Waals surface area (Å²) in [5.74, 6) is -0.567. The second-order valence-electron chi connectivity index (χ2n) is 4.87. The van der Waals surface area contributed by atoms with Gasteiger partial charge in [0, 0.05) is 16.7 Å². The molecule has 1 aromatic heterocycles. The van der Waals surface area contributed by atoms with Crippen LogP contribution in [-0.2, 0) is 15.0 Å². The third-order valence-electron chi connectivity index (χ3n) is 3.02. The molecule has 1 N–H and O–H groups in total. The lowest BCUT2D eigenvalue weighted by Gasteiger charge is -2.24. The first kappa shape index (κ1) is 12.8. The number of amides is 1. The fraction of sp³-hybridized carbons (Fsp3) is 0.286. The van der Waals surface area contributed by atoms with E-state index in [0.717, 1.165) is 0 Å². The molecular weight excluding hydrogens is 246 g/mol. The molecule has 0 fully saturated rings. The molecule has 1 aromatic carbocycles. The summed E-state index contributed by atoms with van der Waals surface area (Å²) in [5.41, 5.74) is 1.01. The molecule has 0 atom stereocenters. The summed E-state index contributed by atoms with van der Waals surface area (Å²) in [7, 11) is 0. The summed E-state index contributed by atoms with van der Waals surface area (Å²) >= 11 is 1.70. The fourth-order valence-corrected chi connectivity index (χ4v) is 3.10. The maximum atomic E-state index is 11.0. The van der Waals surface area contributed by atoms with Crippen molar-refractivity contribution in [2.45, 2.75) is 19.3 Å². The Labute approximate surface area is 110 Å². The van der Waals surface area contributed by atoms with Crippen LogP contribution < -0.4 is 5.32 Å². The first-order chi connectivity index (χ1) is 8.54. The highest BCUT2D eigenvalue weighted by Crippen LogP contribution is 2.34. The van der Waals surface area contributed by atoms with Gasteiger partial charge in [0.25, 0.3) is 5.91 Å². The third-order valence-corrected chi connectivity index (χ3v) is 3.99. The van der Waals surface area contributed by atoms with E-state index >= 15 is 0 Å². The molecular formula is C14H15NO2S. The zero-order chi connectivity index (χ0) is 13.2. The molecule has 0 spiro atoms. The Bertz CT molecular complexity index is 586. The lowest BCUT2D eigenvalue weighted by molar-refractivity contribution is -0.131. The van der Waals surface area contributed by atoms with Crippen LogP contribution in [-0.4, -0.2) is 18.7 Å². The summed E-state index contributed by atoms with van der Waals surface area (Å²) < 4.78 is 1.24. The molecule has 2 aromatic rings. The molecule has 0 saturated heterocycles. The van der Waals surface area contributed by atoms with E-state index in [1.165, 1.54) is 15.6 Å². The summed E-state index contributed by atoms with van der Waals surface area (Å²) in [5, 5.41) is 5.96. The van der Waals surface area contributed by atoms with Crippen molar-refractivity contribution < 1.29 is 9.59 Å². The number of fused-ring (bicyclic) bond motifs is 1. The van der Waals surface area contributed by atoms with Crippen molar-refractivity contribution in [3.63, 3.8) is 0 Å². The second kappa shape index (κ2) is 4.90. The van der Waals surface area contributed by atoms with Crippen LogP contribution >= 0.6 is 11.3 Å². The zero-order valence-electron chi connectivity index (χ0n) is 10.4. The van der Waals surface area contributed by atoms with Gasteiger partial charge in [-0.05, 0) is 22.4 Å². The molecule has 4 heteroatoms. The number of aldehydes is 1. The lowest BCUT2D eigenvalue weighted by atomic mass is 9.84. The topological polar surface area (TPSA) is 46.2 Å². The van der Waals surface area contributed by atoms with Crippen LogP contribution in [0.1, 0.15) is 19.4 Å². The highest BCUT2D eigenvalue weighted by atomic mass is 32.1. The number of hydrogen-bond acceptors (Lipinski definition) is 3. The van der Waals surface area contributed by atoms with E-state index < -0.39 is 5.91 Å². The number of carbonyl (C=O) groups excluding carboxylic acids is 2. The van der Waals surface area contributed by atoms with Crippen molar-refractivity contribution in [1.82, 2.24) is 5.32 Å². The molecule has 1 heterocycles. The fourth-order valence-electron chi connectivity index (χ4n) is 1.95. The Hall–Kier alpha value is -1.68. The van der Waals surface area contributed by atoms with Crippen molar-refractivity contribution in [3.05, 3.63) is 35.2 Å². The maximum Gasteiger partial charge on any atom is 0.284 e. The number of rotatable bonds is 4. The average molecular weight is 261 g/mol. The van der Waals surface area contributed by atoms with Crippen molar-refractivity contribution in [3.8, 4) is 0 Å². The summed E-state index contributed by atoms with van der Waals surface area (Å²) in [6, 6.07) is 8.20. The van der Waals surface area contributed by atoms with Gasteiger partial charge in [-0.2, -0.15) is 0 Å². The quantitative estimate of drug-likeness (QED) is 0.679. The standard InChI is InChI=1S/C14H15NO2S/c1-14(2,9-15-13(17)7-16)11-8-18-12-6-4-3-5-10(11)12/h3-8H,9H2,1-2H3,(H,15,17). The van der Waals surface area contributed by atoms with E-state index in [2.05, 4.69) is 36.7 Å². The van der Waals surface area contributed by atoms with Crippen LogP contribution in [0.4, 0.5) is 0 Å². The van der Waals surface area contributed by atoms with E-state index in [1.54, 1.807) is 11.3 Å². The van der Waals surface area contributed by atoms with E-state index in [1.807, 2.05) is 12.1 Å². The van der Waals surface area contributed by atoms with Crippen LogP contribution in [0.2, 0.25) is 0 Å². The predicted molar refractivity (Wildman–Crippen MR) is 73.9 cm³/mol. The van der Waals surface area contributed by atoms with Gasteiger partial charge in [-0.3, -0.25) is 9.59 Å². The molecule has 18 heavy (non-hydrogen) atoms. The minimum Gasteiger partial charge on any atom is -0.349 e. The SMILES string of the molecule is CC(C)(CNC(=O)C=O)c1csc2ccccc12. The zero-order valence-corrected chi connectivity index (χ0v) is 11.2. The molecule has 0 unspecified atom stereocenters. The monoisotopic (exact) mass is 261 g/mol. The average Bonchev–Trinajstić information content (AvgIpc) is 2.80. The van der Waals surface area contributed by atoms with Gasteiger partial charge in [0.2, 0.25) is 6.29 Å². The van der Waals surface area contributed by atoms with Crippen molar-refractivity contribution >= 4 is 33.6 Å². The van der Waals surface area contributed by atoms with Crippen LogP contribution in [0, 0.1) is 0 Å². The van der Waals surface area contributed by atoms with Gasteiger partial charge in [-0.1, -0.05) is 32.0 Å². The third kappa shape index (κ3) is 2.43. The molecule has 1 amide bonds. The summed E-state index contributed by atoms with van der Waals surface area (Å²) in [6.45, 7) is 4.57. The van der Waals surface area contributed by atoms with E-state index in [0.29, 0.717) is 12.8 Å². The van der Waals surface area contributed by atoms with Crippen molar-refractivity contribution in [2.24, 2.45) is 0 Å². The normalized spacial score (nSPS) is 11.4. The number of thiophene rings is 1. The number of carbonyl (C=O) groups is 2. The highest BCUT2D eigenvalue weighted by Gasteiger charge is 2.24. The Kier molecular flexibility index (Phi) is 3.48. The lowest BCUT2D eigenvalue weighted by Crippen LogP contribution is -2.37. The number of benzene rings is 1. The molecule has 0 bridgehead atoms. The summed E-state index contributed by atoms with van der Waals surface area (Å²) in [4.78, 5) is 21.3. The van der Waals surface area contributed by atoms with Gasteiger partial charge in [0.1, 0.15) is 0 Å². The van der Waals surface area contributed by atoms with Crippen LogP contribution in [0.25, 0.3) is 10.1 Å². The summed E-state index contributed by atoms with van der Waals surface area (Å²) in [6.07, 6.45) is 0.307. The molecule has 2 rings (SSSR count). The minimum atomic E-state index is -0.567. The van der Waals surface area contributed by atoms with E-state index in [-0.39, 0.29) is 5.41 Å². The molecule has 0 aliphatic carbocycles. The minimum absolute atomic E-state index is 0.196. The molecule has 94 valence electrons. The Morgan fingerprint density at radius 3 is 2.83 bits per heavy atom. The molecule has 0 radical (unpaired) electrons. The maximum absolute atomic E-state index is 11.0. The first-order valence-electron chi connectivity index (χ1n) is 5.74. The van der Waals surface area contributed by atoms with E-state index in [9.17, 15) is 9.59 Å².